The zero-order valence-electron chi connectivity index (χ0n) is 12.9. The molecule has 0 fully saturated rings. The maximum atomic E-state index is 12.2. The Morgan fingerprint density at radius 1 is 0.950 bits per heavy atom. The topological polar surface area (TPSA) is 17.1 Å². The van der Waals surface area contributed by atoms with Crippen LogP contribution >= 0.6 is 0 Å². The highest BCUT2D eigenvalue weighted by Crippen LogP contribution is 2.28. The summed E-state index contributed by atoms with van der Waals surface area (Å²) in [6.45, 7) is 2.25. The van der Waals surface area contributed by atoms with Gasteiger partial charge in [-0.25, -0.2) is 0 Å². The quantitative estimate of drug-likeness (QED) is 0.571. The Morgan fingerprint density at radius 2 is 1.50 bits per heavy atom. The van der Waals surface area contributed by atoms with E-state index in [0.29, 0.717) is 5.78 Å². The predicted molar refractivity (Wildman–Crippen MR) is 85.0 cm³/mol. The molecule has 1 nitrogen and oxygen atoms in total. The van der Waals surface area contributed by atoms with Crippen molar-refractivity contribution in [1.82, 2.24) is 0 Å². The molecule has 0 radical (unpaired) electrons. The van der Waals surface area contributed by atoms with E-state index in [2.05, 4.69) is 31.2 Å². The van der Waals surface area contributed by atoms with E-state index in [0.717, 1.165) is 25.7 Å². The van der Waals surface area contributed by atoms with Crippen molar-refractivity contribution in [2.45, 2.75) is 71.1 Å². The first-order valence-corrected chi connectivity index (χ1v) is 8.40. The molecule has 0 saturated carbocycles. The van der Waals surface area contributed by atoms with Gasteiger partial charge in [0, 0.05) is 12.3 Å². The SMILES string of the molecule is CCCCCCCCCC(=O)C1Cc2ccccc2C1. The molecule has 0 saturated heterocycles. The highest BCUT2D eigenvalue weighted by molar-refractivity contribution is 5.82. The summed E-state index contributed by atoms with van der Waals surface area (Å²) >= 11 is 0. The third-order valence-electron chi connectivity index (χ3n) is 4.53. The molecule has 0 aliphatic heterocycles. The molecular weight excluding hydrogens is 244 g/mol. The zero-order chi connectivity index (χ0) is 14.2. The second kappa shape index (κ2) is 8.24. The van der Waals surface area contributed by atoms with E-state index in [1.807, 2.05) is 0 Å². The highest BCUT2D eigenvalue weighted by Gasteiger charge is 2.26. The van der Waals surface area contributed by atoms with Gasteiger partial charge in [-0.3, -0.25) is 4.79 Å². The maximum Gasteiger partial charge on any atom is 0.136 e. The van der Waals surface area contributed by atoms with Crippen LogP contribution in [0.5, 0.6) is 0 Å². The number of Topliss-reactive ketones (excluding diaryl/α,β-unsaturated/α-hetero) is 1. The minimum Gasteiger partial charge on any atom is -0.299 e. The Balaban J connectivity index is 1.60. The van der Waals surface area contributed by atoms with E-state index in [9.17, 15) is 4.79 Å². The summed E-state index contributed by atoms with van der Waals surface area (Å²) in [5, 5.41) is 0. The van der Waals surface area contributed by atoms with Crippen LogP contribution in [-0.2, 0) is 17.6 Å². The number of carbonyl (C=O) groups is 1. The Hall–Kier alpha value is -1.11. The molecule has 110 valence electrons. The molecule has 1 aromatic carbocycles. The average Bonchev–Trinajstić information content (AvgIpc) is 2.90. The second-order valence-corrected chi connectivity index (χ2v) is 6.21. The molecular formula is C19H28O. The Kier molecular flexibility index (Phi) is 6.29. The smallest absolute Gasteiger partial charge is 0.136 e. The lowest BCUT2D eigenvalue weighted by Crippen LogP contribution is -2.14. The first-order valence-electron chi connectivity index (χ1n) is 8.40. The normalized spacial score (nSPS) is 14.4. The van der Waals surface area contributed by atoms with Gasteiger partial charge in [0.25, 0.3) is 0 Å². The van der Waals surface area contributed by atoms with E-state index >= 15 is 0 Å². The van der Waals surface area contributed by atoms with Gasteiger partial charge in [0.1, 0.15) is 5.78 Å². The largest absolute Gasteiger partial charge is 0.299 e. The Morgan fingerprint density at radius 3 is 2.10 bits per heavy atom. The van der Waals surface area contributed by atoms with Gasteiger partial charge >= 0.3 is 0 Å². The summed E-state index contributed by atoms with van der Waals surface area (Å²) < 4.78 is 0. The van der Waals surface area contributed by atoms with Gasteiger partial charge in [-0.15, -0.1) is 0 Å². The molecule has 0 amide bonds. The number of unbranched alkanes of at least 4 members (excludes halogenated alkanes) is 6. The molecule has 0 heterocycles. The van der Waals surface area contributed by atoms with Crippen LogP contribution < -0.4 is 0 Å². The van der Waals surface area contributed by atoms with Crippen molar-refractivity contribution in [2.75, 3.05) is 0 Å². The average molecular weight is 272 g/mol. The van der Waals surface area contributed by atoms with Gasteiger partial charge in [0.05, 0.1) is 0 Å². The van der Waals surface area contributed by atoms with E-state index in [4.69, 9.17) is 0 Å². The minimum absolute atomic E-state index is 0.271. The molecule has 2 rings (SSSR count). The summed E-state index contributed by atoms with van der Waals surface area (Å²) in [6, 6.07) is 8.52. The minimum atomic E-state index is 0.271. The van der Waals surface area contributed by atoms with Crippen molar-refractivity contribution in [3.05, 3.63) is 35.4 Å². The fraction of sp³-hybridized carbons (Fsp3) is 0.632. The lowest BCUT2D eigenvalue weighted by molar-refractivity contribution is -0.122. The Labute approximate surface area is 123 Å². The number of hydrogen-bond donors (Lipinski definition) is 0. The van der Waals surface area contributed by atoms with Crippen LogP contribution in [0.2, 0.25) is 0 Å². The van der Waals surface area contributed by atoms with Crippen LogP contribution in [0.4, 0.5) is 0 Å². The van der Waals surface area contributed by atoms with Crippen molar-refractivity contribution >= 4 is 5.78 Å². The lowest BCUT2D eigenvalue weighted by atomic mass is 9.96. The van der Waals surface area contributed by atoms with Crippen LogP contribution in [0.25, 0.3) is 0 Å². The molecule has 20 heavy (non-hydrogen) atoms. The van der Waals surface area contributed by atoms with Gasteiger partial charge in [-0.2, -0.15) is 0 Å². The number of ketones is 1. The third-order valence-corrected chi connectivity index (χ3v) is 4.53. The summed E-state index contributed by atoms with van der Waals surface area (Å²) in [7, 11) is 0. The number of rotatable bonds is 9. The van der Waals surface area contributed by atoms with Gasteiger partial charge in [0.15, 0.2) is 0 Å². The number of benzene rings is 1. The number of hydrogen-bond acceptors (Lipinski definition) is 1. The number of carbonyl (C=O) groups excluding carboxylic acids is 1. The predicted octanol–water partition coefficient (Wildman–Crippen LogP) is 5.11. The van der Waals surface area contributed by atoms with Gasteiger partial charge in [-0.05, 0) is 30.4 Å². The fourth-order valence-electron chi connectivity index (χ4n) is 3.25. The third kappa shape index (κ3) is 4.47. The van der Waals surface area contributed by atoms with Gasteiger partial charge in [-0.1, -0.05) is 69.7 Å². The van der Waals surface area contributed by atoms with Crippen molar-refractivity contribution in [1.29, 1.82) is 0 Å². The fourth-order valence-corrected chi connectivity index (χ4v) is 3.25. The van der Waals surface area contributed by atoms with Crippen LogP contribution in [0.1, 0.15) is 69.4 Å². The first-order chi connectivity index (χ1) is 9.81. The molecule has 1 heteroatoms. The van der Waals surface area contributed by atoms with Crippen molar-refractivity contribution in [3.63, 3.8) is 0 Å². The lowest BCUT2D eigenvalue weighted by Gasteiger charge is -2.07. The van der Waals surface area contributed by atoms with Crippen molar-refractivity contribution in [2.24, 2.45) is 5.92 Å². The van der Waals surface area contributed by atoms with Gasteiger partial charge < -0.3 is 0 Å². The molecule has 1 aliphatic carbocycles. The first kappa shape index (κ1) is 15.3. The standard InChI is InChI=1S/C19H28O/c1-2-3-4-5-6-7-8-13-19(20)18-14-16-11-9-10-12-17(16)15-18/h9-12,18H,2-8,13-15H2,1H3. The molecule has 1 aliphatic rings. The van der Waals surface area contributed by atoms with Crippen LogP contribution in [0, 0.1) is 5.92 Å². The van der Waals surface area contributed by atoms with E-state index in [-0.39, 0.29) is 5.92 Å². The summed E-state index contributed by atoms with van der Waals surface area (Å²) in [4.78, 5) is 12.2. The van der Waals surface area contributed by atoms with Crippen molar-refractivity contribution < 1.29 is 4.79 Å². The van der Waals surface area contributed by atoms with E-state index < -0.39 is 0 Å². The van der Waals surface area contributed by atoms with E-state index in [1.54, 1.807) is 0 Å². The molecule has 1 aromatic rings. The molecule has 0 N–H and O–H groups in total. The van der Waals surface area contributed by atoms with Crippen LogP contribution in [0.3, 0.4) is 0 Å². The van der Waals surface area contributed by atoms with Crippen LogP contribution in [-0.4, -0.2) is 5.78 Å². The van der Waals surface area contributed by atoms with Crippen molar-refractivity contribution in [3.8, 4) is 0 Å². The van der Waals surface area contributed by atoms with Crippen LogP contribution in [0.15, 0.2) is 24.3 Å². The maximum absolute atomic E-state index is 12.2. The molecule has 0 bridgehead atoms. The second-order valence-electron chi connectivity index (χ2n) is 6.21. The Bertz CT molecular complexity index is 397. The molecule has 0 spiro atoms. The summed E-state index contributed by atoms with van der Waals surface area (Å²) in [5.41, 5.74) is 2.79. The zero-order valence-corrected chi connectivity index (χ0v) is 12.9. The number of fused-ring (bicyclic) bond motifs is 1. The molecule has 0 unspecified atom stereocenters. The van der Waals surface area contributed by atoms with Gasteiger partial charge in [0.2, 0.25) is 0 Å². The summed E-state index contributed by atoms with van der Waals surface area (Å²) in [6.07, 6.45) is 11.8. The molecule has 0 aromatic heterocycles. The molecule has 0 atom stereocenters. The highest BCUT2D eigenvalue weighted by atomic mass is 16.1. The summed E-state index contributed by atoms with van der Waals surface area (Å²) in [5.74, 6) is 0.766. The van der Waals surface area contributed by atoms with E-state index in [1.165, 1.54) is 49.7 Å². The monoisotopic (exact) mass is 272 g/mol.